The highest BCUT2D eigenvalue weighted by Crippen LogP contribution is 2.32. The Morgan fingerprint density at radius 1 is 1.24 bits per heavy atom. The topological polar surface area (TPSA) is 41.0 Å². The van der Waals surface area contributed by atoms with Crippen molar-refractivity contribution in [1.82, 2.24) is 9.97 Å². The van der Waals surface area contributed by atoms with Crippen LogP contribution in [0.1, 0.15) is 5.56 Å². The van der Waals surface area contributed by atoms with Crippen LogP contribution in [-0.2, 0) is 0 Å². The Bertz CT molecular complexity index is 563. The lowest BCUT2D eigenvalue weighted by molar-refractivity contribution is 1.14. The standard InChI is InChI=1S/C13H12N4/c1-17-11-8-14-9-15-13(11)16-12(17)7-10-5-3-2-4-6-10/h2-9H,1H3,(H,14,15,16)/b12-7+. The molecule has 2 aromatic rings. The first-order valence-electron chi connectivity index (χ1n) is 5.42. The third-order valence-electron chi connectivity index (χ3n) is 2.77. The molecule has 0 spiro atoms. The first-order chi connectivity index (χ1) is 8.34. The molecule has 3 rings (SSSR count). The number of aromatic nitrogens is 2. The van der Waals surface area contributed by atoms with E-state index in [1.165, 1.54) is 0 Å². The van der Waals surface area contributed by atoms with Crippen LogP contribution in [-0.4, -0.2) is 17.0 Å². The molecule has 17 heavy (non-hydrogen) atoms. The van der Waals surface area contributed by atoms with Gasteiger partial charge in [-0.3, -0.25) is 0 Å². The van der Waals surface area contributed by atoms with Gasteiger partial charge >= 0.3 is 0 Å². The van der Waals surface area contributed by atoms with Crippen LogP contribution in [0.2, 0.25) is 0 Å². The lowest BCUT2D eigenvalue weighted by Crippen LogP contribution is -2.13. The summed E-state index contributed by atoms with van der Waals surface area (Å²) in [5.74, 6) is 1.86. The molecule has 0 saturated heterocycles. The number of anilines is 2. The van der Waals surface area contributed by atoms with Gasteiger partial charge in [-0.15, -0.1) is 0 Å². The lowest BCUT2D eigenvalue weighted by Gasteiger charge is -2.12. The zero-order valence-corrected chi connectivity index (χ0v) is 9.46. The van der Waals surface area contributed by atoms with Crippen molar-refractivity contribution in [2.75, 3.05) is 17.3 Å². The molecule has 2 heterocycles. The van der Waals surface area contributed by atoms with Crippen molar-refractivity contribution in [3.63, 3.8) is 0 Å². The van der Waals surface area contributed by atoms with E-state index >= 15 is 0 Å². The molecule has 0 amide bonds. The number of nitrogens with one attached hydrogen (secondary N) is 1. The fraction of sp³-hybridized carbons (Fsp3) is 0.0769. The molecule has 4 nitrogen and oxygen atoms in total. The zero-order chi connectivity index (χ0) is 11.7. The Morgan fingerprint density at radius 3 is 2.82 bits per heavy atom. The van der Waals surface area contributed by atoms with Crippen LogP contribution in [0.4, 0.5) is 11.5 Å². The molecule has 1 aromatic heterocycles. The molecule has 0 unspecified atom stereocenters. The predicted octanol–water partition coefficient (Wildman–Crippen LogP) is 2.34. The lowest BCUT2D eigenvalue weighted by atomic mass is 10.2. The van der Waals surface area contributed by atoms with Crippen molar-refractivity contribution in [3.05, 3.63) is 54.2 Å². The van der Waals surface area contributed by atoms with Gasteiger partial charge in [0.1, 0.15) is 17.8 Å². The van der Waals surface area contributed by atoms with E-state index in [9.17, 15) is 0 Å². The van der Waals surface area contributed by atoms with Crippen LogP contribution in [0.15, 0.2) is 48.7 Å². The van der Waals surface area contributed by atoms with Gasteiger partial charge in [0.2, 0.25) is 0 Å². The smallest absolute Gasteiger partial charge is 0.158 e. The van der Waals surface area contributed by atoms with Crippen molar-refractivity contribution in [1.29, 1.82) is 0 Å². The van der Waals surface area contributed by atoms with Crippen molar-refractivity contribution in [3.8, 4) is 0 Å². The second kappa shape index (κ2) is 3.90. The molecule has 4 heteroatoms. The van der Waals surface area contributed by atoms with Crippen molar-refractivity contribution < 1.29 is 0 Å². The molecule has 84 valence electrons. The summed E-state index contributed by atoms with van der Waals surface area (Å²) in [6, 6.07) is 10.2. The average molecular weight is 224 g/mol. The SMILES string of the molecule is CN1/C(=C/c2ccccc2)Nc2ncncc21. The monoisotopic (exact) mass is 224 g/mol. The van der Waals surface area contributed by atoms with Crippen LogP contribution in [0.5, 0.6) is 0 Å². The fourth-order valence-corrected chi connectivity index (χ4v) is 1.84. The maximum absolute atomic E-state index is 4.20. The molecule has 0 atom stereocenters. The van der Waals surface area contributed by atoms with Gasteiger partial charge in [-0.1, -0.05) is 30.3 Å². The largest absolute Gasteiger partial charge is 0.327 e. The van der Waals surface area contributed by atoms with E-state index in [2.05, 4.69) is 33.5 Å². The summed E-state index contributed by atoms with van der Waals surface area (Å²) in [6.07, 6.45) is 5.44. The highest BCUT2D eigenvalue weighted by molar-refractivity contribution is 5.80. The molecular formula is C13H12N4. The van der Waals surface area contributed by atoms with E-state index in [-0.39, 0.29) is 0 Å². The van der Waals surface area contributed by atoms with Gasteiger partial charge in [-0.05, 0) is 11.6 Å². The third-order valence-corrected chi connectivity index (χ3v) is 2.77. The van der Waals surface area contributed by atoms with E-state index in [4.69, 9.17) is 0 Å². The molecule has 0 bridgehead atoms. The molecule has 0 saturated carbocycles. The van der Waals surface area contributed by atoms with E-state index < -0.39 is 0 Å². The summed E-state index contributed by atoms with van der Waals surface area (Å²) >= 11 is 0. The van der Waals surface area contributed by atoms with Crippen LogP contribution in [0, 0.1) is 0 Å². The number of fused-ring (bicyclic) bond motifs is 1. The normalized spacial score (nSPS) is 15.8. The van der Waals surface area contributed by atoms with Crippen LogP contribution in [0.25, 0.3) is 6.08 Å². The summed E-state index contributed by atoms with van der Waals surface area (Å²) in [4.78, 5) is 10.3. The first-order valence-corrected chi connectivity index (χ1v) is 5.42. The maximum atomic E-state index is 4.20. The molecule has 1 aliphatic heterocycles. The van der Waals surface area contributed by atoms with Gasteiger partial charge in [0.15, 0.2) is 5.82 Å². The minimum atomic E-state index is 0.852. The van der Waals surface area contributed by atoms with Gasteiger partial charge in [0.05, 0.1) is 6.20 Å². The van der Waals surface area contributed by atoms with Crippen molar-refractivity contribution >= 4 is 17.6 Å². The Kier molecular flexibility index (Phi) is 2.26. The molecule has 0 radical (unpaired) electrons. The Balaban J connectivity index is 1.97. The van der Waals surface area contributed by atoms with E-state index in [0.29, 0.717) is 0 Å². The van der Waals surface area contributed by atoms with Gasteiger partial charge in [-0.2, -0.15) is 0 Å². The van der Waals surface area contributed by atoms with Crippen LogP contribution in [0.3, 0.4) is 0 Å². The van der Waals surface area contributed by atoms with E-state index in [1.807, 2.05) is 30.1 Å². The molecule has 1 N–H and O–H groups in total. The summed E-state index contributed by atoms with van der Waals surface area (Å²) in [6.45, 7) is 0. The highest BCUT2D eigenvalue weighted by atomic mass is 15.3. The number of benzene rings is 1. The predicted molar refractivity (Wildman–Crippen MR) is 68.5 cm³/mol. The summed E-state index contributed by atoms with van der Waals surface area (Å²) in [5, 5.41) is 3.27. The summed E-state index contributed by atoms with van der Waals surface area (Å²) in [5.41, 5.74) is 2.15. The van der Waals surface area contributed by atoms with Crippen molar-refractivity contribution in [2.24, 2.45) is 0 Å². The number of rotatable bonds is 1. The molecule has 1 aromatic carbocycles. The van der Waals surface area contributed by atoms with E-state index in [1.54, 1.807) is 12.5 Å². The Morgan fingerprint density at radius 2 is 2.06 bits per heavy atom. The second-order valence-electron chi connectivity index (χ2n) is 3.88. The Hall–Kier alpha value is -2.36. The van der Waals surface area contributed by atoms with Gasteiger partial charge in [0.25, 0.3) is 0 Å². The minimum absolute atomic E-state index is 0.852. The molecule has 1 aliphatic rings. The fourth-order valence-electron chi connectivity index (χ4n) is 1.84. The molecule has 0 aliphatic carbocycles. The van der Waals surface area contributed by atoms with Crippen LogP contribution < -0.4 is 10.2 Å². The number of nitrogens with zero attached hydrogens (tertiary/aromatic N) is 3. The summed E-state index contributed by atoms with van der Waals surface area (Å²) in [7, 11) is 2.00. The quantitative estimate of drug-likeness (QED) is 0.807. The minimum Gasteiger partial charge on any atom is -0.327 e. The highest BCUT2D eigenvalue weighted by Gasteiger charge is 2.21. The van der Waals surface area contributed by atoms with E-state index in [0.717, 1.165) is 22.9 Å². The maximum Gasteiger partial charge on any atom is 0.158 e. The summed E-state index contributed by atoms with van der Waals surface area (Å²) < 4.78 is 0. The second-order valence-corrected chi connectivity index (χ2v) is 3.88. The van der Waals surface area contributed by atoms with Gasteiger partial charge in [0, 0.05) is 7.05 Å². The first kappa shape index (κ1) is 9.84. The zero-order valence-electron chi connectivity index (χ0n) is 9.46. The van der Waals surface area contributed by atoms with Crippen LogP contribution >= 0.6 is 0 Å². The Labute approximate surface area is 99.6 Å². The number of hydrogen-bond donors (Lipinski definition) is 1. The average Bonchev–Trinajstić information content (AvgIpc) is 2.68. The van der Waals surface area contributed by atoms with Gasteiger partial charge < -0.3 is 10.2 Å². The van der Waals surface area contributed by atoms with Gasteiger partial charge in [-0.25, -0.2) is 9.97 Å². The number of hydrogen-bond acceptors (Lipinski definition) is 4. The molecular weight excluding hydrogens is 212 g/mol. The third kappa shape index (κ3) is 1.73. The van der Waals surface area contributed by atoms with Crippen molar-refractivity contribution in [2.45, 2.75) is 0 Å². The molecule has 0 fully saturated rings.